The van der Waals surface area contributed by atoms with E-state index in [1.165, 1.54) is 6.33 Å². The summed E-state index contributed by atoms with van der Waals surface area (Å²) in [6.07, 6.45) is 2.44. The zero-order valence-corrected chi connectivity index (χ0v) is 11.4. The van der Waals surface area contributed by atoms with E-state index in [1.54, 1.807) is 18.2 Å². The lowest BCUT2D eigenvalue weighted by Gasteiger charge is -2.08. The molecule has 6 heteroatoms. The average Bonchev–Trinajstić information content (AvgIpc) is 2.46. The van der Waals surface area contributed by atoms with Crippen molar-refractivity contribution in [2.75, 3.05) is 25.0 Å². The smallest absolute Gasteiger partial charge is 0.335 e. The number of rotatable bonds is 7. The van der Waals surface area contributed by atoms with Crippen LogP contribution in [0.15, 0.2) is 24.5 Å². The van der Waals surface area contributed by atoms with E-state index in [2.05, 4.69) is 27.5 Å². The van der Waals surface area contributed by atoms with Crippen molar-refractivity contribution in [3.63, 3.8) is 0 Å². The molecule has 20 heavy (non-hydrogen) atoms. The van der Waals surface area contributed by atoms with E-state index in [0.29, 0.717) is 5.52 Å². The van der Waals surface area contributed by atoms with Gasteiger partial charge >= 0.3 is 5.97 Å². The van der Waals surface area contributed by atoms with Crippen molar-refractivity contribution in [3.05, 3.63) is 30.1 Å². The number of nitrogens with one attached hydrogen (secondary N) is 2. The van der Waals surface area contributed by atoms with Crippen molar-refractivity contribution in [2.24, 2.45) is 0 Å². The first-order valence-corrected chi connectivity index (χ1v) is 6.65. The van der Waals surface area contributed by atoms with Gasteiger partial charge in [-0.25, -0.2) is 14.8 Å². The second kappa shape index (κ2) is 6.81. The number of carboxylic acids is 1. The highest BCUT2D eigenvalue weighted by Gasteiger charge is 2.07. The van der Waals surface area contributed by atoms with Crippen LogP contribution in [0.1, 0.15) is 23.7 Å². The Morgan fingerprint density at radius 1 is 1.30 bits per heavy atom. The molecule has 0 aliphatic rings. The summed E-state index contributed by atoms with van der Waals surface area (Å²) in [4.78, 5) is 19.3. The molecule has 0 radical (unpaired) electrons. The van der Waals surface area contributed by atoms with Gasteiger partial charge in [-0.3, -0.25) is 0 Å². The molecule has 0 amide bonds. The highest BCUT2D eigenvalue weighted by Crippen LogP contribution is 2.20. The lowest BCUT2D eigenvalue weighted by molar-refractivity contribution is 0.0697. The number of carboxylic acid groups (broad SMARTS) is 1. The maximum absolute atomic E-state index is 10.9. The first-order valence-electron chi connectivity index (χ1n) is 6.65. The summed E-state index contributed by atoms with van der Waals surface area (Å²) < 4.78 is 0. The number of aromatic nitrogens is 2. The fourth-order valence-corrected chi connectivity index (χ4v) is 1.93. The van der Waals surface area contributed by atoms with Crippen molar-refractivity contribution in [1.82, 2.24) is 15.3 Å². The van der Waals surface area contributed by atoms with Gasteiger partial charge in [0.05, 0.1) is 11.1 Å². The van der Waals surface area contributed by atoms with Gasteiger partial charge in [-0.05, 0) is 37.7 Å². The molecule has 0 fully saturated rings. The summed E-state index contributed by atoms with van der Waals surface area (Å²) in [6.45, 7) is 4.80. The SMILES string of the molecule is CCNCCCNc1ncnc2cc(C(=O)O)ccc12. The van der Waals surface area contributed by atoms with E-state index in [4.69, 9.17) is 5.11 Å². The minimum Gasteiger partial charge on any atom is -0.478 e. The van der Waals surface area contributed by atoms with Crippen LogP contribution in [0.3, 0.4) is 0 Å². The number of hydrogen-bond acceptors (Lipinski definition) is 5. The largest absolute Gasteiger partial charge is 0.478 e. The van der Waals surface area contributed by atoms with Crippen molar-refractivity contribution in [1.29, 1.82) is 0 Å². The standard InChI is InChI=1S/C14H18N4O2/c1-2-15-6-3-7-16-13-11-5-4-10(14(19)20)8-12(11)17-9-18-13/h4-5,8-9,15H,2-3,6-7H2,1H3,(H,19,20)(H,16,17,18). The highest BCUT2D eigenvalue weighted by molar-refractivity contribution is 5.96. The molecular formula is C14H18N4O2. The predicted molar refractivity (Wildman–Crippen MR) is 78.1 cm³/mol. The Morgan fingerprint density at radius 2 is 2.15 bits per heavy atom. The average molecular weight is 274 g/mol. The molecule has 2 rings (SSSR count). The Kier molecular flexibility index (Phi) is 4.84. The molecule has 1 aromatic carbocycles. The molecule has 0 bridgehead atoms. The third-order valence-corrected chi connectivity index (χ3v) is 2.96. The summed E-state index contributed by atoms with van der Waals surface area (Å²) in [6, 6.07) is 4.87. The van der Waals surface area contributed by atoms with Crippen LogP contribution in [-0.4, -0.2) is 40.7 Å². The van der Waals surface area contributed by atoms with Crippen LogP contribution < -0.4 is 10.6 Å². The van der Waals surface area contributed by atoms with E-state index >= 15 is 0 Å². The predicted octanol–water partition coefficient (Wildman–Crippen LogP) is 1.74. The second-order valence-corrected chi connectivity index (χ2v) is 4.39. The van der Waals surface area contributed by atoms with Crippen molar-refractivity contribution in [3.8, 4) is 0 Å². The highest BCUT2D eigenvalue weighted by atomic mass is 16.4. The number of carbonyl (C=O) groups is 1. The second-order valence-electron chi connectivity index (χ2n) is 4.39. The number of hydrogen-bond donors (Lipinski definition) is 3. The fraction of sp³-hybridized carbons (Fsp3) is 0.357. The molecule has 6 nitrogen and oxygen atoms in total. The van der Waals surface area contributed by atoms with Gasteiger partial charge in [-0.15, -0.1) is 0 Å². The summed E-state index contributed by atoms with van der Waals surface area (Å²) in [5, 5.41) is 16.3. The summed E-state index contributed by atoms with van der Waals surface area (Å²) >= 11 is 0. The van der Waals surface area contributed by atoms with Gasteiger partial charge in [0.2, 0.25) is 0 Å². The van der Waals surface area contributed by atoms with Gasteiger partial charge in [0.25, 0.3) is 0 Å². The third kappa shape index (κ3) is 3.42. The Balaban J connectivity index is 2.11. The number of nitrogens with zero attached hydrogens (tertiary/aromatic N) is 2. The first-order chi connectivity index (χ1) is 9.72. The summed E-state index contributed by atoms with van der Waals surface area (Å²) in [5.41, 5.74) is 0.864. The number of aromatic carboxylic acids is 1. The molecule has 0 aliphatic heterocycles. The molecule has 1 aromatic heterocycles. The van der Waals surface area contributed by atoms with Gasteiger partial charge in [0.1, 0.15) is 12.1 Å². The molecule has 0 aliphatic carbocycles. The van der Waals surface area contributed by atoms with Crippen LogP contribution in [0.5, 0.6) is 0 Å². The Morgan fingerprint density at radius 3 is 2.90 bits per heavy atom. The van der Waals surface area contributed by atoms with Crippen LogP contribution >= 0.6 is 0 Å². The Bertz CT molecular complexity index is 601. The molecule has 3 N–H and O–H groups in total. The Labute approximate surface area is 117 Å². The van der Waals surface area contributed by atoms with Crippen LogP contribution in [-0.2, 0) is 0 Å². The normalized spacial score (nSPS) is 10.7. The molecule has 0 saturated heterocycles. The maximum atomic E-state index is 10.9. The van der Waals surface area contributed by atoms with Crippen molar-refractivity contribution < 1.29 is 9.90 Å². The van der Waals surface area contributed by atoms with Gasteiger partial charge in [0.15, 0.2) is 0 Å². The quantitative estimate of drug-likeness (QED) is 0.667. The molecule has 0 unspecified atom stereocenters. The molecule has 0 saturated carbocycles. The number of benzene rings is 1. The van der Waals surface area contributed by atoms with Crippen LogP contribution in [0.2, 0.25) is 0 Å². The van der Waals surface area contributed by atoms with Gasteiger partial charge in [0, 0.05) is 11.9 Å². The van der Waals surface area contributed by atoms with E-state index < -0.39 is 5.97 Å². The molecule has 106 valence electrons. The van der Waals surface area contributed by atoms with Gasteiger partial charge < -0.3 is 15.7 Å². The van der Waals surface area contributed by atoms with E-state index in [9.17, 15) is 4.79 Å². The van der Waals surface area contributed by atoms with Crippen LogP contribution in [0.4, 0.5) is 5.82 Å². The first kappa shape index (κ1) is 14.2. The van der Waals surface area contributed by atoms with E-state index in [0.717, 1.165) is 37.3 Å². The molecule has 0 spiro atoms. The van der Waals surface area contributed by atoms with Crippen molar-refractivity contribution >= 4 is 22.7 Å². The monoisotopic (exact) mass is 274 g/mol. The lowest BCUT2D eigenvalue weighted by atomic mass is 10.1. The van der Waals surface area contributed by atoms with E-state index in [1.807, 2.05) is 0 Å². The minimum atomic E-state index is -0.953. The Hall–Kier alpha value is -2.21. The van der Waals surface area contributed by atoms with Crippen LogP contribution in [0.25, 0.3) is 10.9 Å². The van der Waals surface area contributed by atoms with Crippen molar-refractivity contribution in [2.45, 2.75) is 13.3 Å². The maximum Gasteiger partial charge on any atom is 0.335 e. The molecule has 0 atom stereocenters. The van der Waals surface area contributed by atoms with E-state index in [-0.39, 0.29) is 5.56 Å². The van der Waals surface area contributed by atoms with Gasteiger partial charge in [-0.1, -0.05) is 6.92 Å². The summed E-state index contributed by atoms with van der Waals surface area (Å²) in [5.74, 6) is -0.214. The topological polar surface area (TPSA) is 87.1 Å². The van der Waals surface area contributed by atoms with Crippen LogP contribution in [0, 0.1) is 0 Å². The van der Waals surface area contributed by atoms with Gasteiger partial charge in [-0.2, -0.15) is 0 Å². The zero-order chi connectivity index (χ0) is 14.4. The number of anilines is 1. The molecular weight excluding hydrogens is 256 g/mol. The zero-order valence-electron chi connectivity index (χ0n) is 11.4. The summed E-state index contributed by atoms with van der Waals surface area (Å²) in [7, 11) is 0. The molecule has 2 aromatic rings. The number of fused-ring (bicyclic) bond motifs is 1. The lowest BCUT2D eigenvalue weighted by Crippen LogP contribution is -2.17. The third-order valence-electron chi connectivity index (χ3n) is 2.96. The molecule has 1 heterocycles. The minimum absolute atomic E-state index is 0.231. The fourth-order valence-electron chi connectivity index (χ4n) is 1.93.